The van der Waals surface area contributed by atoms with Crippen molar-refractivity contribution in [3.05, 3.63) is 58.7 Å². The van der Waals surface area contributed by atoms with Crippen LogP contribution >= 0.6 is 0 Å². The van der Waals surface area contributed by atoms with Gasteiger partial charge in [0, 0.05) is 26.3 Å². The first-order valence-electron chi connectivity index (χ1n) is 13.5. The summed E-state index contributed by atoms with van der Waals surface area (Å²) in [7, 11) is -3.93. The average molecular weight is 529 g/mol. The largest absolute Gasteiger partial charge is 0.494 e. The molecule has 1 amide bonds. The van der Waals surface area contributed by atoms with E-state index in [4.69, 9.17) is 15.2 Å². The van der Waals surface area contributed by atoms with Gasteiger partial charge in [-0.2, -0.15) is 0 Å². The lowest BCUT2D eigenvalue weighted by Gasteiger charge is -2.33. The van der Waals surface area contributed by atoms with Crippen LogP contribution in [0.25, 0.3) is 0 Å². The molecule has 0 aromatic heterocycles. The van der Waals surface area contributed by atoms with E-state index in [1.165, 1.54) is 34.4 Å². The van der Waals surface area contributed by atoms with E-state index in [0.717, 1.165) is 51.7 Å². The van der Waals surface area contributed by atoms with E-state index in [1.54, 1.807) is 12.1 Å². The van der Waals surface area contributed by atoms with E-state index in [9.17, 15) is 13.2 Å². The maximum atomic E-state index is 13.3. The Morgan fingerprint density at radius 3 is 2.30 bits per heavy atom. The van der Waals surface area contributed by atoms with Crippen LogP contribution in [0.5, 0.6) is 5.75 Å². The van der Waals surface area contributed by atoms with Crippen LogP contribution in [0.15, 0.2) is 41.3 Å². The Kier molecular flexibility index (Phi) is 8.93. The molecule has 0 aliphatic carbocycles. The molecule has 1 saturated heterocycles. The number of carbonyl (C=O) groups excluding carboxylic acids is 1. The zero-order valence-corrected chi connectivity index (χ0v) is 22.9. The third kappa shape index (κ3) is 5.86. The molecular weight excluding hydrogens is 488 g/mol. The quantitative estimate of drug-likeness (QED) is 0.445. The van der Waals surface area contributed by atoms with E-state index in [1.807, 2.05) is 0 Å². The summed E-state index contributed by atoms with van der Waals surface area (Å²) in [4.78, 5) is 14.8. The van der Waals surface area contributed by atoms with Gasteiger partial charge in [0.2, 0.25) is 5.91 Å². The monoisotopic (exact) mass is 528 g/mol. The molecule has 2 aromatic rings. The molecule has 202 valence electrons. The van der Waals surface area contributed by atoms with Gasteiger partial charge < -0.3 is 15.2 Å². The zero-order chi connectivity index (χ0) is 26.5. The molecule has 0 atom stereocenters. The number of benzene rings is 2. The molecular formula is C29H40N2O5S. The van der Waals surface area contributed by atoms with Crippen LogP contribution in [-0.2, 0) is 45.2 Å². The molecule has 1 fully saturated rings. The van der Waals surface area contributed by atoms with Crippen LogP contribution in [0.1, 0.15) is 61.8 Å². The molecule has 2 heterocycles. The number of amides is 1. The van der Waals surface area contributed by atoms with Gasteiger partial charge in [-0.05, 0) is 98.0 Å². The van der Waals surface area contributed by atoms with Crippen LogP contribution in [0.3, 0.4) is 0 Å². The van der Waals surface area contributed by atoms with Gasteiger partial charge in [-0.15, -0.1) is 0 Å². The van der Waals surface area contributed by atoms with E-state index >= 15 is 0 Å². The fourth-order valence-corrected chi connectivity index (χ4v) is 7.45. The molecule has 0 saturated carbocycles. The van der Waals surface area contributed by atoms with Crippen LogP contribution in [0.2, 0.25) is 0 Å². The van der Waals surface area contributed by atoms with Gasteiger partial charge in [0.25, 0.3) is 0 Å². The number of ether oxygens (including phenoxy) is 2. The van der Waals surface area contributed by atoms with Crippen molar-refractivity contribution in [1.82, 2.24) is 4.90 Å². The molecule has 8 heteroatoms. The summed E-state index contributed by atoms with van der Waals surface area (Å²) in [5, 5.41) is 0. The second-order valence-corrected chi connectivity index (χ2v) is 12.4. The molecule has 2 aromatic carbocycles. The highest BCUT2D eigenvalue weighted by Crippen LogP contribution is 2.35. The summed E-state index contributed by atoms with van der Waals surface area (Å²) in [5.74, 6) is -0.199. The smallest absolute Gasteiger partial charge is 0.239 e. The van der Waals surface area contributed by atoms with Crippen molar-refractivity contribution in [2.24, 2.45) is 5.73 Å². The first-order valence-corrected chi connectivity index (χ1v) is 15.0. The average Bonchev–Trinajstić information content (AvgIpc) is 2.92. The van der Waals surface area contributed by atoms with Gasteiger partial charge >= 0.3 is 0 Å². The second kappa shape index (κ2) is 12.0. The maximum absolute atomic E-state index is 13.3. The Labute approximate surface area is 221 Å². The van der Waals surface area contributed by atoms with Crippen molar-refractivity contribution in [2.75, 3.05) is 32.9 Å². The molecule has 2 N–H and O–H groups in total. The molecule has 0 unspecified atom stereocenters. The molecule has 2 aliphatic rings. The number of carbonyl (C=O) groups is 1. The molecule has 7 nitrogen and oxygen atoms in total. The highest BCUT2D eigenvalue weighted by Gasteiger charge is 2.51. The zero-order valence-electron chi connectivity index (χ0n) is 22.1. The Bertz CT molecular complexity index is 1190. The maximum Gasteiger partial charge on any atom is 0.239 e. The lowest BCUT2D eigenvalue weighted by molar-refractivity contribution is -0.122. The molecule has 37 heavy (non-hydrogen) atoms. The first-order chi connectivity index (χ1) is 17.8. The third-order valence-electron chi connectivity index (χ3n) is 7.91. The normalized spacial score (nSPS) is 17.8. The van der Waals surface area contributed by atoms with Crippen LogP contribution in [-0.4, -0.2) is 56.9 Å². The Hall–Kier alpha value is -2.42. The van der Waals surface area contributed by atoms with Crippen molar-refractivity contribution in [3.8, 4) is 5.75 Å². The predicted octanol–water partition coefficient (Wildman–Crippen LogP) is 3.84. The Morgan fingerprint density at radius 2 is 1.68 bits per heavy atom. The lowest BCUT2D eigenvalue weighted by atomic mass is 9.91. The van der Waals surface area contributed by atoms with Crippen LogP contribution in [0, 0.1) is 0 Å². The lowest BCUT2D eigenvalue weighted by Crippen LogP contribution is -2.53. The van der Waals surface area contributed by atoms with Gasteiger partial charge in [0.1, 0.15) is 5.75 Å². The number of nitrogens with two attached hydrogens (primary N) is 1. The Balaban J connectivity index is 1.25. The highest BCUT2D eigenvalue weighted by molar-refractivity contribution is 7.93. The second-order valence-electron chi connectivity index (χ2n) is 10.1. The number of rotatable bonds is 11. The summed E-state index contributed by atoms with van der Waals surface area (Å²) in [6.07, 6.45) is 5.41. The fraction of sp³-hybridized carbons (Fsp3) is 0.552. The summed E-state index contributed by atoms with van der Waals surface area (Å²) in [5.41, 5.74) is 11.5. The minimum absolute atomic E-state index is 0.0745. The van der Waals surface area contributed by atoms with Gasteiger partial charge in [-0.25, -0.2) is 8.42 Å². The number of primary amides is 1. The van der Waals surface area contributed by atoms with E-state index in [2.05, 4.69) is 30.9 Å². The van der Waals surface area contributed by atoms with Crippen molar-refractivity contribution in [2.45, 2.75) is 75.0 Å². The fourth-order valence-electron chi connectivity index (χ4n) is 5.54. The summed E-state index contributed by atoms with van der Waals surface area (Å²) < 4.78 is 36.0. The predicted molar refractivity (Wildman–Crippen MR) is 145 cm³/mol. The number of nitrogens with zero attached hydrogens (tertiary/aromatic N) is 1. The summed E-state index contributed by atoms with van der Waals surface area (Å²) in [6.45, 7) is 8.59. The van der Waals surface area contributed by atoms with Crippen LogP contribution in [0.4, 0.5) is 0 Å². The molecule has 4 rings (SSSR count). The van der Waals surface area contributed by atoms with Crippen molar-refractivity contribution in [1.29, 1.82) is 0 Å². The number of unbranched alkanes of at least 4 members (excludes halogenated alkanes) is 1. The number of hydrogen-bond donors (Lipinski definition) is 1. The van der Waals surface area contributed by atoms with Gasteiger partial charge in [-0.1, -0.05) is 26.0 Å². The molecule has 2 aliphatic heterocycles. The standard InChI is InChI=1S/C29H40N2O5S/c1-3-22-19-24-11-15-31(21-25(24)20-23(22)4-2)14-5-6-16-36-26-7-9-27(10-8-26)37(33,34)29(28(30)32)12-17-35-18-13-29/h7-10,19-20H,3-6,11-18,21H2,1-2H3,(H2,30,32). The number of sulfone groups is 1. The minimum Gasteiger partial charge on any atom is -0.494 e. The topological polar surface area (TPSA) is 98.9 Å². The summed E-state index contributed by atoms with van der Waals surface area (Å²) >= 11 is 0. The highest BCUT2D eigenvalue weighted by atomic mass is 32.2. The van der Waals surface area contributed by atoms with Crippen molar-refractivity contribution >= 4 is 15.7 Å². The van der Waals surface area contributed by atoms with E-state index in [-0.39, 0.29) is 31.0 Å². The minimum atomic E-state index is -3.93. The molecule has 0 radical (unpaired) electrons. The molecule has 0 bridgehead atoms. The van der Waals surface area contributed by atoms with Gasteiger partial charge in [0.15, 0.2) is 14.6 Å². The van der Waals surface area contributed by atoms with Crippen molar-refractivity contribution in [3.63, 3.8) is 0 Å². The SMILES string of the molecule is CCc1cc2c(cc1CC)CN(CCCCOc1ccc(S(=O)(=O)C3(C(N)=O)CCOCC3)cc1)CC2. The van der Waals surface area contributed by atoms with Gasteiger partial charge in [-0.3, -0.25) is 9.69 Å². The van der Waals surface area contributed by atoms with Crippen molar-refractivity contribution < 1.29 is 22.7 Å². The first kappa shape index (κ1) is 27.6. The Morgan fingerprint density at radius 1 is 1.03 bits per heavy atom. The number of fused-ring (bicyclic) bond motifs is 1. The third-order valence-corrected chi connectivity index (χ3v) is 10.4. The van der Waals surface area contributed by atoms with Crippen LogP contribution < -0.4 is 10.5 Å². The van der Waals surface area contributed by atoms with E-state index in [0.29, 0.717) is 12.4 Å². The van der Waals surface area contributed by atoms with Gasteiger partial charge in [0.05, 0.1) is 11.5 Å². The van der Waals surface area contributed by atoms with E-state index < -0.39 is 20.5 Å². The number of aryl methyl sites for hydroxylation is 2. The molecule has 0 spiro atoms. The number of hydrogen-bond acceptors (Lipinski definition) is 6. The summed E-state index contributed by atoms with van der Waals surface area (Å²) in [6, 6.07) is 11.2.